The molecule has 8 heteroatoms. The van der Waals surface area contributed by atoms with Gasteiger partial charge in [-0.15, -0.1) is 23.1 Å². The molecule has 0 fully saturated rings. The van der Waals surface area contributed by atoms with E-state index in [1.807, 2.05) is 13.0 Å². The zero-order chi connectivity index (χ0) is 26.4. The summed E-state index contributed by atoms with van der Waals surface area (Å²) in [6.45, 7) is 13.1. The molecule has 0 aliphatic heterocycles. The van der Waals surface area contributed by atoms with Crippen molar-refractivity contribution in [1.82, 2.24) is 0 Å². The second-order valence-corrected chi connectivity index (χ2v) is 11.9. The standard InChI is InChI=1S/C28H33NO4S3/c1-17(32-15-28(34)36-16-25-8-7-11-35-25)14-33-24-10-9-23(27(13-24)29(30)31)12-26-21(5)19(3)18(2)20(4)22(26)6/h7-11,13,17H,12,14-16H2,1-6H3/t17-/m1/s1. The summed E-state index contributed by atoms with van der Waals surface area (Å²) in [5.41, 5.74) is 8.07. The summed E-state index contributed by atoms with van der Waals surface area (Å²) in [4.78, 5) is 12.8. The molecule has 192 valence electrons. The highest BCUT2D eigenvalue weighted by molar-refractivity contribution is 8.22. The van der Waals surface area contributed by atoms with Gasteiger partial charge in [0.05, 0.1) is 27.9 Å². The van der Waals surface area contributed by atoms with Gasteiger partial charge in [0.25, 0.3) is 5.69 Å². The summed E-state index contributed by atoms with van der Waals surface area (Å²) in [5.74, 6) is 1.31. The largest absolute Gasteiger partial charge is 0.491 e. The van der Waals surface area contributed by atoms with Crippen LogP contribution in [0.15, 0.2) is 35.7 Å². The van der Waals surface area contributed by atoms with Gasteiger partial charge in [-0.25, -0.2) is 0 Å². The molecule has 0 radical (unpaired) electrons. The number of ether oxygens (including phenoxy) is 2. The van der Waals surface area contributed by atoms with Crippen LogP contribution < -0.4 is 4.74 Å². The second-order valence-electron chi connectivity index (χ2n) is 9.00. The topological polar surface area (TPSA) is 61.6 Å². The Morgan fingerprint density at radius 2 is 1.75 bits per heavy atom. The molecule has 0 aliphatic carbocycles. The van der Waals surface area contributed by atoms with Crippen molar-refractivity contribution in [3.05, 3.63) is 89.6 Å². The molecule has 3 aromatic rings. The lowest BCUT2D eigenvalue weighted by atomic mass is 9.86. The Morgan fingerprint density at radius 1 is 1.08 bits per heavy atom. The summed E-state index contributed by atoms with van der Waals surface area (Å²) in [6, 6.07) is 9.24. The van der Waals surface area contributed by atoms with Crippen molar-refractivity contribution in [3.8, 4) is 5.75 Å². The van der Waals surface area contributed by atoms with E-state index in [-0.39, 0.29) is 23.3 Å². The maximum Gasteiger partial charge on any atom is 0.276 e. The fourth-order valence-electron chi connectivity index (χ4n) is 4.05. The number of thiophene rings is 1. The van der Waals surface area contributed by atoms with Crippen LogP contribution in [0, 0.1) is 44.7 Å². The van der Waals surface area contributed by atoms with Gasteiger partial charge in [0.1, 0.15) is 12.4 Å². The number of thioether (sulfide) groups is 1. The molecule has 0 aliphatic rings. The van der Waals surface area contributed by atoms with E-state index in [0.29, 0.717) is 24.3 Å². The van der Waals surface area contributed by atoms with E-state index in [2.05, 4.69) is 46.1 Å². The van der Waals surface area contributed by atoms with Crippen LogP contribution in [0.3, 0.4) is 0 Å². The van der Waals surface area contributed by atoms with Crippen molar-refractivity contribution in [1.29, 1.82) is 0 Å². The molecule has 1 aromatic heterocycles. The number of rotatable bonds is 11. The Bertz CT molecular complexity index is 1210. The van der Waals surface area contributed by atoms with Crippen LogP contribution in [0.25, 0.3) is 0 Å². The molecule has 1 heterocycles. The lowest BCUT2D eigenvalue weighted by Crippen LogP contribution is -2.20. The minimum atomic E-state index is -0.329. The zero-order valence-corrected chi connectivity index (χ0v) is 24.1. The molecule has 0 bridgehead atoms. The average molecular weight is 544 g/mol. The highest BCUT2D eigenvalue weighted by Crippen LogP contribution is 2.32. The second kappa shape index (κ2) is 12.8. The molecule has 0 spiro atoms. The maximum atomic E-state index is 11.9. The summed E-state index contributed by atoms with van der Waals surface area (Å²) in [5, 5.41) is 13.9. The van der Waals surface area contributed by atoms with Gasteiger partial charge >= 0.3 is 0 Å². The number of nitrogens with zero attached hydrogens (tertiary/aromatic N) is 1. The number of nitro groups is 1. The third kappa shape index (κ3) is 7.16. The van der Waals surface area contributed by atoms with Gasteiger partial charge in [-0.05, 0) is 98.5 Å². The van der Waals surface area contributed by atoms with Crippen LogP contribution in [0.2, 0.25) is 0 Å². The summed E-state index contributed by atoms with van der Waals surface area (Å²) < 4.78 is 12.4. The molecule has 3 rings (SSSR count). The molecule has 0 saturated carbocycles. The Balaban J connectivity index is 1.61. The summed E-state index contributed by atoms with van der Waals surface area (Å²) in [7, 11) is 0. The highest BCUT2D eigenvalue weighted by atomic mass is 32.2. The lowest BCUT2D eigenvalue weighted by molar-refractivity contribution is -0.385. The molecule has 0 N–H and O–H groups in total. The first-order valence-corrected chi connectivity index (χ1v) is 14.1. The molecule has 0 saturated heterocycles. The van der Waals surface area contributed by atoms with Crippen LogP contribution >= 0.6 is 35.3 Å². The van der Waals surface area contributed by atoms with Crippen molar-refractivity contribution in [2.75, 3.05) is 13.2 Å². The fourth-order valence-corrected chi connectivity index (χ4v) is 5.78. The smallest absolute Gasteiger partial charge is 0.276 e. The van der Waals surface area contributed by atoms with Crippen LogP contribution in [-0.2, 0) is 16.9 Å². The Kier molecular flexibility index (Phi) is 10.1. The zero-order valence-electron chi connectivity index (χ0n) is 21.7. The van der Waals surface area contributed by atoms with Crippen LogP contribution in [0.4, 0.5) is 5.69 Å². The van der Waals surface area contributed by atoms with Gasteiger partial charge in [-0.3, -0.25) is 10.1 Å². The molecule has 0 unspecified atom stereocenters. The van der Waals surface area contributed by atoms with E-state index in [9.17, 15) is 10.1 Å². The van der Waals surface area contributed by atoms with E-state index in [1.54, 1.807) is 35.2 Å². The van der Waals surface area contributed by atoms with Gasteiger partial charge in [-0.1, -0.05) is 18.3 Å². The number of thiocarbonyl (C=S) groups is 1. The van der Waals surface area contributed by atoms with Crippen molar-refractivity contribution in [2.45, 2.75) is 59.8 Å². The summed E-state index contributed by atoms with van der Waals surface area (Å²) in [6.07, 6.45) is 0.309. The Morgan fingerprint density at radius 3 is 2.36 bits per heavy atom. The minimum absolute atomic E-state index is 0.0712. The first-order valence-electron chi connectivity index (χ1n) is 11.8. The van der Waals surface area contributed by atoms with Crippen molar-refractivity contribution >= 4 is 45.2 Å². The molecule has 2 aromatic carbocycles. The SMILES string of the molecule is Cc1c(C)c(C)c(Cc2ccc(OC[C@@H](C)OCC(=S)SCc3cccs3)cc2[N+](=O)[O-])c(C)c1C. The van der Waals surface area contributed by atoms with E-state index >= 15 is 0 Å². The van der Waals surface area contributed by atoms with Crippen molar-refractivity contribution in [2.24, 2.45) is 0 Å². The van der Waals surface area contributed by atoms with Crippen LogP contribution in [0.5, 0.6) is 5.75 Å². The van der Waals surface area contributed by atoms with Gasteiger partial charge < -0.3 is 9.47 Å². The van der Waals surface area contributed by atoms with E-state index in [4.69, 9.17) is 21.7 Å². The first kappa shape index (κ1) is 28.3. The van der Waals surface area contributed by atoms with Gasteiger partial charge in [0.2, 0.25) is 0 Å². The van der Waals surface area contributed by atoms with Gasteiger partial charge in [0.15, 0.2) is 0 Å². The fraction of sp³-hybridized carbons (Fsp3) is 0.393. The summed E-state index contributed by atoms with van der Waals surface area (Å²) >= 11 is 8.72. The Labute approximate surface area is 227 Å². The van der Waals surface area contributed by atoms with E-state index < -0.39 is 0 Å². The average Bonchev–Trinajstić information content (AvgIpc) is 3.39. The van der Waals surface area contributed by atoms with Gasteiger partial charge in [0, 0.05) is 22.6 Å². The molecule has 5 nitrogen and oxygen atoms in total. The maximum absolute atomic E-state index is 11.9. The van der Waals surface area contributed by atoms with Crippen LogP contribution in [-0.4, -0.2) is 28.4 Å². The molecule has 36 heavy (non-hydrogen) atoms. The number of hydrogen-bond acceptors (Lipinski definition) is 7. The number of hydrogen-bond donors (Lipinski definition) is 0. The lowest BCUT2D eigenvalue weighted by Gasteiger charge is -2.19. The van der Waals surface area contributed by atoms with Crippen LogP contribution in [0.1, 0.15) is 50.7 Å². The van der Waals surface area contributed by atoms with Gasteiger partial charge in [-0.2, -0.15) is 0 Å². The molecular formula is C28H33NO4S3. The third-order valence-electron chi connectivity index (χ3n) is 6.70. The molecular weight excluding hydrogens is 511 g/mol. The quantitative estimate of drug-likeness (QED) is 0.139. The van der Waals surface area contributed by atoms with E-state index in [1.165, 1.54) is 38.8 Å². The molecule has 0 amide bonds. The number of nitro benzene ring substituents is 1. The monoisotopic (exact) mass is 543 g/mol. The molecule has 1 atom stereocenters. The minimum Gasteiger partial charge on any atom is -0.491 e. The third-order valence-corrected chi connectivity index (χ3v) is 9.13. The predicted octanol–water partition coefficient (Wildman–Crippen LogP) is 7.83. The Hall–Kier alpha value is -2.26. The van der Waals surface area contributed by atoms with E-state index in [0.717, 1.165) is 15.5 Å². The highest BCUT2D eigenvalue weighted by Gasteiger charge is 2.20. The predicted molar refractivity (Wildman–Crippen MR) is 155 cm³/mol. The first-order chi connectivity index (χ1) is 17.1. The van der Waals surface area contributed by atoms with Crippen molar-refractivity contribution < 1.29 is 14.4 Å². The number of benzene rings is 2. The normalized spacial score (nSPS) is 11.9. The van der Waals surface area contributed by atoms with Crippen molar-refractivity contribution in [3.63, 3.8) is 0 Å².